The molecule has 0 aromatic heterocycles. The fourth-order valence-corrected chi connectivity index (χ4v) is 6.05. The van der Waals surface area contributed by atoms with Crippen molar-refractivity contribution in [3.63, 3.8) is 0 Å². The maximum Gasteiger partial charge on any atom is 0.245 e. The molecule has 4 rings (SSSR count). The lowest BCUT2D eigenvalue weighted by Crippen LogP contribution is -2.54. The molecule has 0 radical (unpaired) electrons. The highest BCUT2D eigenvalue weighted by atomic mass is 32.2. The fraction of sp³-hybridized carbons (Fsp3) is 0.435. The van der Waals surface area contributed by atoms with Crippen molar-refractivity contribution < 1.29 is 13.2 Å². The Morgan fingerprint density at radius 2 is 1.43 bits per heavy atom. The third-order valence-electron chi connectivity index (χ3n) is 5.92. The fourth-order valence-electron chi connectivity index (χ4n) is 4.41. The monoisotopic (exact) mass is 427 g/mol. The molecular formula is C23H29N3O3S. The smallest absolute Gasteiger partial charge is 0.245 e. The summed E-state index contributed by atoms with van der Waals surface area (Å²) in [6.45, 7) is 3.17. The quantitative estimate of drug-likeness (QED) is 0.736. The van der Waals surface area contributed by atoms with Crippen LogP contribution in [0.15, 0.2) is 65.6 Å². The first-order valence-electron chi connectivity index (χ1n) is 10.7. The summed E-state index contributed by atoms with van der Waals surface area (Å²) in [5.74, 6) is -0.00119. The molecule has 1 amide bonds. The van der Waals surface area contributed by atoms with E-state index in [9.17, 15) is 13.2 Å². The molecule has 0 N–H and O–H groups in total. The highest BCUT2D eigenvalue weighted by Gasteiger charge is 2.40. The van der Waals surface area contributed by atoms with E-state index in [1.54, 1.807) is 35.2 Å². The minimum absolute atomic E-state index is 0.00119. The SMILES string of the molecule is O=C(CN1CCCCC1)N1CCCN(S(=O)(=O)c2ccccc2)[C@@H]1c1ccccc1. The second kappa shape index (κ2) is 9.29. The average molecular weight is 428 g/mol. The minimum atomic E-state index is -3.73. The molecule has 0 spiro atoms. The van der Waals surface area contributed by atoms with Crippen LogP contribution in [0.25, 0.3) is 0 Å². The van der Waals surface area contributed by atoms with E-state index in [0.717, 1.165) is 31.5 Å². The number of hydrogen-bond donors (Lipinski definition) is 0. The molecule has 160 valence electrons. The van der Waals surface area contributed by atoms with Crippen LogP contribution >= 0.6 is 0 Å². The van der Waals surface area contributed by atoms with Crippen LogP contribution < -0.4 is 0 Å². The maximum absolute atomic E-state index is 13.5. The molecule has 2 heterocycles. The van der Waals surface area contributed by atoms with Gasteiger partial charge in [-0.2, -0.15) is 4.31 Å². The number of hydrogen-bond acceptors (Lipinski definition) is 4. The van der Waals surface area contributed by atoms with Crippen molar-refractivity contribution in [3.8, 4) is 0 Å². The number of piperidine rings is 1. The largest absolute Gasteiger partial charge is 0.321 e. The summed E-state index contributed by atoms with van der Waals surface area (Å²) in [6.07, 6.45) is 3.45. The van der Waals surface area contributed by atoms with Crippen LogP contribution in [-0.2, 0) is 14.8 Å². The lowest BCUT2D eigenvalue weighted by Gasteiger charge is -2.44. The van der Waals surface area contributed by atoms with Crippen molar-refractivity contribution in [2.45, 2.75) is 36.7 Å². The Morgan fingerprint density at radius 1 is 0.800 bits per heavy atom. The van der Waals surface area contributed by atoms with Crippen LogP contribution in [0.4, 0.5) is 0 Å². The second-order valence-electron chi connectivity index (χ2n) is 7.99. The molecule has 0 aliphatic carbocycles. The molecular weight excluding hydrogens is 398 g/mol. The minimum Gasteiger partial charge on any atom is -0.321 e. The Kier molecular flexibility index (Phi) is 6.51. The molecule has 2 fully saturated rings. The van der Waals surface area contributed by atoms with Gasteiger partial charge in [0, 0.05) is 13.1 Å². The van der Waals surface area contributed by atoms with Crippen molar-refractivity contribution >= 4 is 15.9 Å². The van der Waals surface area contributed by atoms with Crippen molar-refractivity contribution in [2.24, 2.45) is 0 Å². The van der Waals surface area contributed by atoms with Gasteiger partial charge in [-0.3, -0.25) is 9.69 Å². The third kappa shape index (κ3) is 4.43. The van der Waals surface area contributed by atoms with Gasteiger partial charge in [0.2, 0.25) is 15.9 Å². The maximum atomic E-state index is 13.5. The summed E-state index contributed by atoms with van der Waals surface area (Å²) in [5.41, 5.74) is 0.823. The highest BCUT2D eigenvalue weighted by Crippen LogP contribution is 2.34. The van der Waals surface area contributed by atoms with Crippen molar-refractivity contribution in [2.75, 3.05) is 32.7 Å². The first-order valence-corrected chi connectivity index (χ1v) is 12.1. The van der Waals surface area contributed by atoms with Crippen molar-refractivity contribution in [3.05, 3.63) is 66.2 Å². The van der Waals surface area contributed by atoms with Gasteiger partial charge < -0.3 is 4.90 Å². The summed E-state index contributed by atoms with van der Waals surface area (Å²) in [7, 11) is -3.73. The number of sulfonamides is 1. The summed E-state index contributed by atoms with van der Waals surface area (Å²) >= 11 is 0. The number of likely N-dealkylation sites (tertiary alicyclic amines) is 1. The standard InChI is InChI=1S/C23H29N3O3S/c27-22(19-24-15-8-3-9-16-24)25-17-10-18-26(23(25)20-11-4-1-5-12-20)30(28,29)21-13-6-2-7-14-21/h1-2,4-7,11-14,23H,3,8-10,15-19H2/t23-/m1/s1. The van der Waals surface area contributed by atoms with Crippen LogP contribution in [0.1, 0.15) is 37.4 Å². The number of amides is 1. The van der Waals surface area contributed by atoms with E-state index in [4.69, 9.17) is 0 Å². The van der Waals surface area contributed by atoms with Crippen LogP contribution in [0.3, 0.4) is 0 Å². The molecule has 0 saturated carbocycles. The summed E-state index contributed by atoms with van der Waals surface area (Å²) < 4.78 is 28.5. The molecule has 0 unspecified atom stereocenters. The van der Waals surface area contributed by atoms with Crippen LogP contribution in [0, 0.1) is 0 Å². The number of nitrogens with zero attached hydrogens (tertiary/aromatic N) is 3. The highest BCUT2D eigenvalue weighted by molar-refractivity contribution is 7.89. The van der Waals surface area contributed by atoms with Crippen molar-refractivity contribution in [1.29, 1.82) is 0 Å². The number of carbonyl (C=O) groups excluding carboxylic acids is 1. The van der Waals surface area contributed by atoms with Gasteiger partial charge in [0.15, 0.2) is 0 Å². The Hall–Kier alpha value is -2.22. The van der Waals surface area contributed by atoms with E-state index in [0.29, 0.717) is 26.1 Å². The Labute approximate surface area is 179 Å². The van der Waals surface area contributed by atoms with Crippen molar-refractivity contribution in [1.82, 2.24) is 14.1 Å². The number of carbonyl (C=O) groups is 1. The second-order valence-corrected chi connectivity index (χ2v) is 9.88. The first kappa shape index (κ1) is 21.0. The molecule has 0 bridgehead atoms. The van der Waals surface area contributed by atoms with Crippen LogP contribution in [0.5, 0.6) is 0 Å². The first-order chi connectivity index (χ1) is 14.6. The Balaban J connectivity index is 1.67. The molecule has 2 aromatic rings. The van der Waals surface area contributed by atoms with E-state index in [-0.39, 0.29) is 10.8 Å². The predicted octanol–water partition coefficient (Wildman–Crippen LogP) is 3.09. The topological polar surface area (TPSA) is 60.9 Å². The van der Waals surface area contributed by atoms with Gasteiger partial charge in [-0.1, -0.05) is 55.0 Å². The van der Waals surface area contributed by atoms with Gasteiger partial charge in [0.05, 0.1) is 11.4 Å². The van der Waals surface area contributed by atoms with Gasteiger partial charge in [-0.05, 0) is 50.0 Å². The van der Waals surface area contributed by atoms with Crippen LogP contribution in [-0.4, -0.2) is 61.2 Å². The van der Waals surface area contributed by atoms with Gasteiger partial charge in [-0.15, -0.1) is 0 Å². The van der Waals surface area contributed by atoms with Crippen LogP contribution in [0.2, 0.25) is 0 Å². The predicted molar refractivity (Wildman–Crippen MR) is 116 cm³/mol. The zero-order chi connectivity index (χ0) is 21.0. The molecule has 2 aliphatic heterocycles. The Morgan fingerprint density at radius 3 is 2.10 bits per heavy atom. The number of rotatable bonds is 5. The van der Waals surface area contributed by atoms with Gasteiger partial charge in [0.1, 0.15) is 6.17 Å². The summed E-state index contributed by atoms with van der Waals surface area (Å²) in [6, 6.07) is 18.0. The third-order valence-corrected chi connectivity index (χ3v) is 7.79. The number of benzene rings is 2. The van der Waals surface area contributed by atoms with Gasteiger partial charge in [-0.25, -0.2) is 8.42 Å². The zero-order valence-corrected chi connectivity index (χ0v) is 18.0. The Bertz CT molecular complexity index is 944. The molecule has 1 atom stereocenters. The van der Waals surface area contributed by atoms with E-state index in [2.05, 4.69) is 4.90 Å². The normalized spacial score (nSPS) is 21.5. The lowest BCUT2D eigenvalue weighted by atomic mass is 10.1. The van der Waals surface area contributed by atoms with Gasteiger partial charge >= 0.3 is 0 Å². The summed E-state index contributed by atoms with van der Waals surface area (Å²) in [4.78, 5) is 17.5. The van der Waals surface area contributed by atoms with Gasteiger partial charge in [0.25, 0.3) is 0 Å². The average Bonchev–Trinajstić information content (AvgIpc) is 2.80. The van der Waals surface area contributed by atoms with E-state index >= 15 is 0 Å². The van der Waals surface area contributed by atoms with E-state index in [1.165, 1.54) is 10.7 Å². The summed E-state index contributed by atoms with van der Waals surface area (Å²) in [5, 5.41) is 0. The zero-order valence-electron chi connectivity index (χ0n) is 17.2. The van der Waals surface area contributed by atoms with E-state index < -0.39 is 16.2 Å². The van der Waals surface area contributed by atoms with E-state index in [1.807, 2.05) is 30.3 Å². The molecule has 2 aromatic carbocycles. The molecule has 7 heteroatoms. The molecule has 30 heavy (non-hydrogen) atoms. The lowest BCUT2D eigenvalue weighted by molar-refractivity contribution is -0.139. The molecule has 2 aliphatic rings. The molecule has 6 nitrogen and oxygen atoms in total. The molecule has 2 saturated heterocycles.